The molecule has 1 amide bonds. The number of hydrogen-bond acceptors (Lipinski definition) is 4. The van der Waals surface area contributed by atoms with Gasteiger partial charge in [-0.05, 0) is 57.3 Å². The third-order valence-electron chi connectivity index (χ3n) is 4.97. The van der Waals surface area contributed by atoms with Crippen molar-refractivity contribution in [3.8, 4) is 11.5 Å². The molecular formula is C21H23N3O2. The molecule has 0 atom stereocenters. The number of nitrogens with zero attached hydrogens (tertiary/aromatic N) is 3. The molecular weight excluding hydrogens is 326 g/mol. The lowest BCUT2D eigenvalue weighted by Gasteiger charge is -2.21. The Morgan fingerprint density at radius 2 is 2.00 bits per heavy atom. The summed E-state index contributed by atoms with van der Waals surface area (Å²) < 4.78 is 5.51. The molecule has 0 radical (unpaired) electrons. The molecule has 134 valence electrons. The van der Waals surface area contributed by atoms with Crippen molar-refractivity contribution in [3.05, 3.63) is 53.8 Å². The van der Waals surface area contributed by atoms with E-state index >= 15 is 0 Å². The van der Waals surface area contributed by atoms with Crippen molar-refractivity contribution >= 4 is 16.8 Å². The molecule has 0 aliphatic carbocycles. The summed E-state index contributed by atoms with van der Waals surface area (Å²) in [4.78, 5) is 22.3. The van der Waals surface area contributed by atoms with Gasteiger partial charge in [-0.1, -0.05) is 11.6 Å². The summed E-state index contributed by atoms with van der Waals surface area (Å²) in [7, 11) is 2.11. The van der Waals surface area contributed by atoms with E-state index in [1.54, 1.807) is 6.26 Å². The van der Waals surface area contributed by atoms with Gasteiger partial charge >= 0.3 is 0 Å². The second-order valence-electron chi connectivity index (χ2n) is 7.00. The molecule has 3 aromatic rings. The second-order valence-corrected chi connectivity index (χ2v) is 7.00. The fourth-order valence-corrected chi connectivity index (χ4v) is 3.49. The molecule has 0 unspecified atom stereocenters. The summed E-state index contributed by atoms with van der Waals surface area (Å²) >= 11 is 0. The lowest BCUT2D eigenvalue weighted by Crippen LogP contribution is -2.34. The van der Waals surface area contributed by atoms with Crippen LogP contribution in [0.4, 0.5) is 0 Å². The number of likely N-dealkylation sites (N-methyl/N-ethyl adjacent to an activating group) is 1. The molecule has 4 rings (SSSR count). The van der Waals surface area contributed by atoms with Crippen molar-refractivity contribution in [1.29, 1.82) is 0 Å². The molecule has 2 aromatic heterocycles. The molecule has 26 heavy (non-hydrogen) atoms. The number of carbonyl (C=O) groups excluding carboxylic acids is 1. The van der Waals surface area contributed by atoms with Crippen molar-refractivity contribution < 1.29 is 9.21 Å². The van der Waals surface area contributed by atoms with E-state index in [2.05, 4.69) is 11.9 Å². The highest BCUT2D eigenvalue weighted by Crippen LogP contribution is 2.27. The lowest BCUT2D eigenvalue weighted by molar-refractivity contribution is 0.0765. The van der Waals surface area contributed by atoms with Crippen LogP contribution in [0.15, 0.2) is 47.1 Å². The Bertz CT molecular complexity index is 934. The maximum Gasteiger partial charge on any atom is 0.254 e. The maximum absolute atomic E-state index is 13.4. The second kappa shape index (κ2) is 6.92. The molecule has 3 heterocycles. The minimum Gasteiger partial charge on any atom is -0.463 e. The molecule has 1 aliphatic heterocycles. The molecule has 0 bridgehead atoms. The number of hydrogen-bond donors (Lipinski definition) is 0. The number of aryl methyl sites for hydroxylation is 1. The molecule has 0 spiro atoms. The van der Waals surface area contributed by atoms with Crippen molar-refractivity contribution in [3.63, 3.8) is 0 Å². The average Bonchev–Trinajstić information content (AvgIpc) is 3.09. The normalized spacial score (nSPS) is 16.0. The Morgan fingerprint density at radius 3 is 2.81 bits per heavy atom. The number of furan rings is 1. The average molecular weight is 349 g/mol. The van der Waals surface area contributed by atoms with Gasteiger partial charge in [-0.2, -0.15) is 0 Å². The van der Waals surface area contributed by atoms with E-state index in [0.29, 0.717) is 17.0 Å². The van der Waals surface area contributed by atoms with Gasteiger partial charge in [0.2, 0.25) is 0 Å². The number of rotatable bonds is 2. The van der Waals surface area contributed by atoms with Crippen LogP contribution in [-0.2, 0) is 0 Å². The first kappa shape index (κ1) is 16.8. The van der Waals surface area contributed by atoms with E-state index in [1.807, 2.05) is 48.2 Å². The number of aromatic nitrogens is 1. The zero-order chi connectivity index (χ0) is 18.1. The van der Waals surface area contributed by atoms with Gasteiger partial charge < -0.3 is 14.2 Å². The predicted molar refractivity (Wildman–Crippen MR) is 102 cm³/mol. The predicted octanol–water partition coefficient (Wildman–Crippen LogP) is 3.58. The zero-order valence-electron chi connectivity index (χ0n) is 15.2. The third-order valence-corrected chi connectivity index (χ3v) is 4.97. The van der Waals surface area contributed by atoms with Gasteiger partial charge in [0.15, 0.2) is 5.76 Å². The highest BCUT2D eigenvalue weighted by atomic mass is 16.3. The van der Waals surface area contributed by atoms with E-state index < -0.39 is 0 Å². The number of fused-ring (bicyclic) bond motifs is 1. The largest absolute Gasteiger partial charge is 0.463 e. The Hall–Kier alpha value is -2.66. The summed E-state index contributed by atoms with van der Waals surface area (Å²) in [6.45, 7) is 5.50. The monoisotopic (exact) mass is 349 g/mol. The maximum atomic E-state index is 13.4. The van der Waals surface area contributed by atoms with Crippen molar-refractivity contribution in [2.45, 2.75) is 13.3 Å². The molecule has 5 nitrogen and oxygen atoms in total. The SMILES string of the molecule is Cc1ccc2nc(-c3ccco3)cc(C(=O)N3CCCN(C)CC3)c2c1. The standard InChI is InChI=1S/C21H23N3O2/c1-15-6-7-18-16(13-15)17(14-19(22-18)20-5-3-12-26-20)21(25)24-9-4-8-23(2)10-11-24/h3,5-7,12-14H,4,8-11H2,1-2H3. The van der Waals surface area contributed by atoms with Crippen molar-refractivity contribution in [2.75, 3.05) is 33.2 Å². The molecule has 1 aliphatic rings. The van der Waals surface area contributed by atoms with Gasteiger partial charge in [-0.25, -0.2) is 4.98 Å². The first-order valence-electron chi connectivity index (χ1n) is 9.05. The van der Waals surface area contributed by atoms with Crippen LogP contribution in [-0.4, -0.2) is 53.9 Å². The van der Waals surface area contributed by atoms with Crippen LogP contribution in [0.3, 0.4) is 0 Å². The summed E-state index contributed by atoms with van der Waals surface area (Å²) in [5, 5.41) is 0.905. The summed E-state index contributed by atoms with van der Waals surface area (Å²) in [5.74, 6) is 0.753. The summed E-state index contributed by atoms with van der Waals surface area (Å²) in [6, 6.07) is 11.6. The van der Waals surface area contributed by atoms with Gasteiger partial charge in [0, 0.05) is 25.0 Å². The molecule has 1 saturated heterocycles. The van der Waals surface area contributed by atoms with Gasteiger partial charge in [0.25, 0.3) is 5.91 Å². The van der Waals surface area contributed by atoms with E-state index in [0.717, 1.165) is 49.1 Å². The quantitative estimate of drug-likeness (QED) is 0.709. The van der Waals surface area contributed by atoms with Crippen LogP contribution in [0.1, 0.15) is 22.3 Å². The fourth-order valence-electron chi connectivity index (χ4n) is 3.49. The Morgan fingerprint density at radius 1 is 1.12 bits per heavy atom. The van der Waals surface area contributed by atoms with Crippen LogP contribution >= 0.6 is 0 Å². The number of amides is 1. The molecule has 5 heteroatoms. The van der Waals surface area contributed by atoms with E-state index in [1.165, 1.54) is 0 Å². The van der Waals surface area contributed by atoms with Gasteiger partial charge in [-0.3, -0.25) is 4.79 Å². The zero-order valence-corrected chi connectivity index (χ0v) is 15.2. The highest BCUT2D eigenvalue weighted by Gasteiger charge is 2.22. The van der Waals surface area contributed by atoms with Crippen molar-refractivity contribution in [1.82, 2.24) is 14.8 Å². The van der Waals surface area contributed by atoms with E-state index in [-0.39, 0.29) is 5.91 Å². The number of benzene rings is 1. The smallest absolute Gasteiger partial charge is 0.254 e. The first-order chi connectivity index (χ1) is 12.6. The molecule has 0 N–H and O–H groups in total. The summed E-state index contributed by atoms with van der Waals surface area (Å²) in [6.07, 6.45) is 2.62. The van der Waals surface area contributed by atoms with E-state index in [9.17, 15) is 4.79 Å². The van der Waals surface area contributed by atoms with Gasteiger partial charge in [-0.15, -0.1) is 0 Å². The molecule has 0 saturated carbocycles. The van der Waals surface area contributed by atoms with Crippen LogP contribution < -0.4 is 0 Å². The topological polar surface area (TPSA) is 49.6 Å². The van der Waals surface area contributed by atoms with Crippen LogP contribution in [0.2, 0.25) is 0 Å². The van der Waals surface area contributed by atoms with Crippen LogP contribution in [0.25, 0.3) is 22.4 Å². The van der Waals surface area contributed by atoms with Crippen LogP contribution in [0, 0.1) is 6.92 Å². The Balaban J connectivity index is 1.81. The number of pyridine rings is 1. The van der Waals surface area contributed by atoms with Crippen molar-refractivity contribution in [2.24, 2.45) is 0 Å². The Labute approximate surface area is 153 Å². The fraction of sp³-hybridized carbons (Fsp3) is 0.333. The molecule has 1 aromatic carbocycles. The van der Waals surface area contributed by atoms with E-state index in [4.69, 9.17) is 9.40 Å². The minimum atomic E-state index is 0.0751. The minimum absolute atomic E-state index is 0.0751. The first-order valence-corrected chi connectivity index (χ1v) is 9.05. The van der Waals surface area contributed by atoms with Gasteiger partial charge in [0.1, 0.15) is 5.69 Å². The highest BCUT2D eigenvalue weighted by molar-refractivity contribution is 6.07. The third kappa shape index (κ3) is 3.22. The van der Waals surface area contributed by atoms with Gasteiger partial charge in [0.05, 0.1) is 17.3 Å². The number of carbonyl (C=O) groups is 1. The van der Waals surface area contributed by atoms with Crippen LogP contribution in [0.5, 0.6) is 0 Å². The Kier molecular flexibility index (Phi) is 4.47. The summed E-state index contributed by atoms with van der Waals surface area (Å²) in [5.41, 5.74) is 3.34. The lowest BCUT2D eigenvalue weighted by atomic mass is 10.0. The molecule has 1 fully saturated rings.